The standard InChI is InChI=1S/C30H36N2O3/c1-5-31-30(33)35-28-19-15-26(16-20-28)29(23(4)24-11-9-8-10-12-24)25-13-17-27(18-14-25)34-22-21-32(6-2)7-3/h8-20H,5-7,21-22H2,1-4H3,(H,31,33)/b29-23+. The van der Waals surface area contributed by atoms with Gasteiger partial charge in [0, 0.05) is 13.1 Å². The van der Waals surface area contributed by atoms with Gasteiger partial charge in [0.1, 0.15) is 18.1 Å². The Morgan fingerprint density at radius 3 is 1.89 bits per heavy atom. The Morgan fingerprint density at radius 1 is 0.771 bits per heavy atom. The molecule has 0 atom stereocenters. The largest absolute Gasteiger partial charge is 0.492 e. The van der Waals surface area contributed by atoms with Crippen LogP contribution in [0.2, 0.25) is 0 Å². The summed E-state index contributed by atoms with van der Waals surface area (Å²) in [5, 5.41) is 2.64. The molecule has 3 aromatic carbocycles. The summed E-state index contributed by atoms with van der Waals surface area (Å²) in [6.45, 7) is 12.5. The molecule has 3 rings (SSSR count). The van der Waals surface area contributed by atoms with Crippen molar-refractivity contribution in [3.63, 3.8) is 0 Å². The molecule has 35 heavy (non-hydrogen) atoms. The van der Waals surface area contributed by atoms with Crippen molar-refractivity contribution >= 4 is 17.2 Å². The van der Waals surface area contributed by atoms with E-state index in [1.165, 1.54) is 0 Å². The summed E-state index contributed by atoms with van der Waals surface area (Å²) in [6.07, 6.45) is -0.451. The minimum absolute atomic E-state index is 0.451. The predicted molar refractivity (Wildman–Crippen MR) is 144 cm³/mol. The van der Waals surface area contributed by atoms with E-state index in [1.807, 2.05) is 61.5 Å². The van der Waals surface area contributed by atoms with E-state index in [1.54, 1.807) is 0 Å². The van der Waals surface area contributed by atoms with Gasteiger partial charge in [-0.15, -0.1) is 0 Å². The second kappa shape index (κ2) is 13.4. The molecule has 0 unspecified atom stereocenters. The van der Waals surface area contributed by atoms with E-state index in [2.05, 4.69) is 55.3 Å². The van der Waals surface area contributed by atoms with Crippen LogP contribution >= 0.6 is 0 Å². The van der Waals surface area contributed by atoms with Crippen LogP contribution in [-0.4, -0.2) is 43.8 Å². The second-order valence-corrected chi connectivity index (χ2v) is 8.21. The number of nitrogens with zero attached hydrogens (tertiary/aromatic N) is 1. The molecule has 5 heteroatoms. The number of ether oxygens (including phenoxy) is 2. The van der Waals surface area contributed by atoms with Gasteiger partial charge in [-0.05, 0) is 79.0 Å². The molecule has 184 valence electrons. The molecule has 1 amide bonds. The lowest BCUT2D eigenvalue weighted by atomic mass is 9.90. The molecule has 0 bridgehead atoms. The Hall–Kier alpha value is -3.57. The van der Waals surface area contributed by atoms with Crippen LogP contribution in [0, 0.1) is 0 Å². The maximum atomic E-state index is 11.8. The Labute approximate surface area is 209 Å². The normalized spacial score (nSPS) is 11.7. The van der Waals surface area contributed by atoms with Gasteiger partial charge in [-0.2, -0.15) is 0 Å². The SMILES string of the molecule is CCNC(=O)Oc1ccc(/C(=C(\C)c2ccccc2)c2ccc(OCCN(CC)CC)cc2)cc1. The Morgan fingerprint density at radius 2 is 1.34 bits per heavy atom. The third-order valence-electron chi connectivity index (χ3n) is 5.97. The van der Waals surface area contributed by atoms with E-state index in [0.29, 0.717) is 18.9 Å². The summed E-state index contributed by atoms with van der Waals surface area (Å²) in [6, 6.07) is 26.3. The van der Waals surface area contributed by atoms with Crippen molar-refractivity contribution in [2.75, 3.05) is 32.8 Å². The number of hydrogen-bond acceptors (Lipinski definition) is 4. The zero-order valence-electron chi connectivity index (χ0n) is 21.2. The van der Waals surface area contributed by atoms with Gasteiger partial charge in [-0.25, -0.2) is 4.79 Å². The fourth-order valence-corrected chi connectivity index (χ4v) is 3.96. The molecule has 0 saturated carbocycles. The lowest BCUT2D eigenvalue weighted by Gasteiger charge is -2.18. The van der Waals surface area contributed by atoms with Gasteiger partial charge in [0.05, 0.1) is 0 Å². The molecule has 3 aromatic rings. The van der Waals surface area contributed by atoms with Crippen LogP contribution in [0.1, 0.15) is 44.4 Å². The monoisotopic (exact) mass is 472 g/mol. The van der Waals surface area contributed by atoms with Gasteiger partial charge >= 0.3 is 6.09 Å². The summed E-state index contributed by atoms with van der Waals surface area (Å²) in [7, 11) is 0. The Bertz CT molecular complexity index is 1090. The van der Waals surface area contributed by atoms with Gasteiger partial charge in [0.2, 0.25) is 0 Å². The van der Waals surface area contributed by atoms with Crippen LogP contribution in [-0.2, 0) is 0 Å². The number of allylic oxidation sites excluding steroid dienone is 1. The van der Waals surface area contributed by atoms with Crippen LogP contribution in [0.5, 0.6) is 11.5 Å². The maximum Gasteiger partial charge on any atom is 0.412 e. The van der Waals surface area contributed by atoms with Crippen LogP contribution in [0.25, 0.3) is 11.1 Å². The topological polar surface area (TPSA) is 50.8 Å². The fraction of sp³-hybridized carbons (Fsp3) is 0.300. The van der Waals surface area contributed by atoms with E-state index in [0.717, 1.165) is 53.2 Å². The molecule has 0 spiro atoms. The fourth-order valence-electron chi connectivity index (χ4n) is 3.96. The summed E-state index contributed by atoms with van der Waals surface area (Å²) >= 11 is 0. The number of hydrogen-bond donors (Lipinski definition) is 1. The third-order valence-corrected chi connectivity index (χ3v) is 5.97. The smallest absolute Gasteiger partial charge is 0.412 e. The molecule has 5 nitrogen and oxygen atoms in total. The van der Waals surface area contributed by atoms with Gasteiger partial charge < -0.3 is 19.7 Å². The average molecular weight is 473 g/mol. The van der Waals surface area contributed by atoms with Crippen molar-refractivity contribution in [3.05, 3.63) is 95.6 Å². The lowest BCUT2D eigenvalue weighted by Crippen LogP contribution is -2.27. The number of carbonyl (C=O) groups excluding carboxylic acids is 1. The molecule has 1 N–H and O–H groups in total. The molecule has 0 aliphatic rings. The number of nitrogens with one attached hydrogen (secondary N) is 1. The first-order valence-corrected chi connectivity index (χ1v) is 12.3. The van der Waals surface area contributed by atoms with Crippen molar-refractivity contribution in [3.8, 4) is 11.5 Å². The van der Waals surface area contributed by atoms with Gasteiger partial charge in [0.25, 0.3) is 0 Å². The minimum Gasteiger partial charge on any atom is -0.492 e. The van der Waals surface area contributed by atoms with Crippen molar-refractivity contribution in [2.45, 2.75) is 27.7 Å². The molecule has 0 aliphatic carbocycles. The van der Waals surface area contributed by atoms with Gasteiger partial charge in [-0.3, -0.25) is 0 Å². The molecule has 0 aliphatic heterocycles. The van der Waals surface area contributed by atoms with E-state index in [9.17, 15) is 4.79 Å². The van der Waals surface area contributed by atoms with Gasteiger partial charge in [-0.1, -0.05) is 68.4 Å². The minimum atomic E-state index is -0.451. The van der Waals surface area contributed by atoms with Crippen LogP contribution < -0.4 is 14.8 Å². The molecule has 0 aromatic heterocycles. The lowest BCUT2D eigenvalue weighted by molar-refractivity contribution is 0.201. The second-order valence-electron chi connectivity index (χ2n) is 8.21. The highest BCUT2D eigenvalue weighted by Crippen LogP contribution is 2.33. The summed E-state index contributed by atoms with van der Waals surface area (Å²) < 4.78 is 11.3. The van der Waals surface area contributed by atoms with E-state index in [4.69, 9.17) is 9.47 Å². The third kappa shape index (κ3) is 7.46. The molecule has 0 fully saturated rings. The number of rotatable bonds is 11. The Kier molecular flexibility index (Phi) is 9.93. The van der Waals surface area contributed by atoms with Crippen molar-refractivity contribution in [1.82, 2.24) is 10.2 Å². The average Bonchev–Trinajstić information content (AvgIpc) is 2.89. The van der Waals surface area contributed by atoms with Crippen molar-refractivity contribution in [1.29, 1.82) is 0 Å². The first-order chi connectivity index (χ1) is 17.0. The van der Waals surface area contributed by atoms with Crippen LogP contribution in [0.4, 0.5) is 4.79 Å². The van der Waals surface area contributed by atoms with Crippen molar-refractivity contribution in [2.24, 2.45) is 0 Å². The van der Waals surface area contributed by atoms with Gasteiger partial charge in [0.15, 0.2) is 0 Å². The maximum absolute atomic E-state index is 11.8. The number of carbonyl (C=O) groups is 1. The highest BCUT2D eigenvalue weighted by molar-refractivity contribution is 5.98. The molecule has 0 radical (unpaired) electrons. The zero-order valence-corrected chi connectivity index (χ0v) is 21.2. The highest BCUT2D eigenvalue weighted by atomic mass is 16.6. The molecular formula is C30H36N2O3. The predicted octanol–water partition coefficient (Wildman–Crippen LogP) is 6.49. The highest BCUT2D eigenvalue weighted by Gasteiger charge is 2.12. The first kappa shape index (κ1) is 26.0. The summed E-state index contributed by atoms with van der Waals surface area (Å²) in [5.74, 6) is 1.37. The molecule has 0 heterocycles. The van der Waals surface area contributed by atoms with E-state index in [-0.39, 0.29) is 0 Å². The molecular weight excluding hydrogens is 436 g/mol. The van der Waals surface area contributed by atoms with E-state index >= 15 is 0 Å². The number of benzene rings is 3. The Balaban J connectivity index is 1.87. The summed E-state index contributed by atoms with van der Waals surface area (Å²) in [5.41, 5.74) is 5.59. The van der Waals surface area contributed by atoms with Crippen molar-refractivity contribution < 1.29 is 14.3 Å². The quantitative estimate of drug-likeness (QED) is 0.324. The first-order valence-electron chi connectivity index (χ1n) is 12.3. The van der Waals surface area contributed by atoms with E-state index < -0.39 is 6.09 Å². The number of likely N-dealkylation sites (N-methyl/N-ethyl adjacent to an activating group) is 1. The zero-order chi connectivity index (χ0) is 25.0. The number of amides is 1. The summed E-state index contributed by atoms with van der Waals surface area (Å²) in [4.78, 5) is 14.1. The molecule has 0 saturated heterocycles. The van der Waals surface area contributed by atoms with Crippen LogP contribution in [0.3, 0.4) is 0 Å². The van der Waals surface area contributed by atoms with Crippen LogP contribution in [0.15, 0.2) is 78.9 Å².